The summed E-state index contributed by atoms with van der Waals surface area (Å²) < 4.78 is 28.5. The van der Waals surface area contributed by atoms with Gasteiger partial charge in [0.2, 0.25) is 5.88 Å². The first kappa shape index (κ1) is 11.8. The molecule has 0 saturated carbocycles. The number of pyridine rings is 1. The van der Waals surface area contributed by atoms with Crippen LogP contribution in [0.3, 0.4) is 0 Å². The third-order valence-electron chi connectivity index (χ3n) is 1.84. The van der Waals surface area contributed by atoms with Crippen LogP contribution in [0.1, 0.15) is 13.3 Å². The van der Waals surface area contributed by atoms with E-state index in [1.165, 1.54) is 19.4 Å². The molecule has 1 heterocycles. The van der Waals surface area contributed by atoms with Crippen molar-refractivity contribution in [2.24, 2.45) is 0 Å². The van der Waals surface area contributed by atoms with Gasteiger partial charge in [-0.3, -0.25) is 0 Å². The molecule has 0 unspecified atom stereocenters. The lowest BCUT2D eigenvalue weighted by molar-refractivity contribution is 0.385. The summed E-state index contributed by atoms with van der Waals surface area (Å²) >= 11 is 0. The Kier molecular flexibility index (Phi) is 3.52. The van der Waals surface area contributed by atoms with Crippen molar-refractivity contribution in [2.75, 3.05) is 18.6 Å². The molecule has 1 rings (SSSR count). The summed E-state index contributed by atoms with van der Waals surface area (Å²) in [6.45, 7) is 1.80. The third kappa shape index (κ3) is 2.59. The maximum atomic E-state index is 11.8. The van der Waals surface area contributed by atoms with Gasteiger partial charge in [0, 0.05) is 0 Å². The highest BCUT2D eigenvalue weighted by Gasteiger charge is 2.19. The summed E-state index contributed by atoms with van der Waals surface area (Å²) in [7, 11) is -1.96. The van der Waals surface area contributed by atoms with Gasteiger partial charge in [0.1, 0.15) is 4.90 Å². The Hall–Kier alpha value is -1.30. The zero-order chi connectivity index (χ0) is 11.5. The van der Waals surface area contributed by atoms with Crippen LogP contribution in [-0.2, 0) is 9.84 Å². The number of anilines is 1. The molecule has 0 radical (unpaired) electrons. The van der Waals surface area contributed by atoms with Gasteiger partial charge in [-0.15, -0.1) is 0 Å². The van der Waals surface area contributed by atoms with Crippen molar-refractivity contribution in [1.29, 1.82) is 0 Å². The predicted octanol–water partition coefficient (Wildman–Crippen LogP) is 0.856. The van der Waals surface area contributed by atoms with E-state index in [1.807, 2.05) is 0 Å². The smallest absolute Gasteiger partial charge is 0.232 e. The standard InChI is InChI=1S/C9H14N2O3S/c1-3-4-15(12,13)8-5-7(10)6-11-9(8)14-2/h5-6H,3-4,10H2,1-2H3. The second-order valence-electron chi connectivity index (χ2n) is 3.09. The van der Waals surface area contributed by atoms with Crippen LogP contribution in [0.5, 0.6) is 5.88 Å². The molecule has 84 valence electrons. The summed E-state index contributed by atoms with van der Waals surface area (Å²) in [5, 5.41) is 0. The summed E-state index contributed by atoms with van der Waals surface area (Å²) in [6.07, 6.45) is 1.91. The van der Waals surface area contributed by atoms with E-state index >= 15 is 0 Å². The molecule has 0 amide bonds. The molecule has 0 bridgehead atoms. The summed E-state index contributed by atoms with van der Waals surface area (Å²) in [4.78, 5) is 3.88. The number of aromatic nitrogens is 1. The van der Waals surface area contributed by atoms with Gasteiger partial charge in [-0.1, -0.05) is 6.92 Å². The van der Waals surface area contributed by atoms with Crippen LogP contribution in [-0.4, -0.2) is 26.3 Å². The molecule has 15 heavy (non-hydrogen) atoms. The molecule has 0 fully saturated rings. The van der Waals surface area contributed by atoms with Crippen LogP contribution in [0.25, 0.3) is 0 Å². The predicted molar refractivity (Wildman–Crippen MR) is 57.5 cm³/mol. The minimum Gasteiger partial charge on any atom is -0.480 e. The van der Waals surface area contributed by atoms with Gasteiger partial charge in [0.15, 0.2) is 9.84 Å². The third-order valence-corrected chi connectivity index (χ3v) is 3.75. The first-order valence-electron chi connectivity index (χ1n) is 4.53. The Morgan fingerprint density at radius 2 is 2.20 bits per heavy atom. The van der Waals surface area contributed by atoms with Crippen LogP contribution in [0, 0.1) is 0 Å². The van der Waals surface area contributed by atoms with Crippen molar-refractivity contribution in [2.45, 2.75) is 18.2 Å². The lowest BCUT2D eigenvalue weighted by Gasteiger charge is -2.08. The molecule has 1 aromatic heterocycles. The SMILES string of the molecule is CCCS(=O)(=O)c1cc(N)cnc1OC. The topological polar surface area (TPSA) is 82.3 Å². The Morgan fingerprint density at radius 1 is 1.53 bits per heavy atom. The molecule has 0 aliphatic carbocycles. The molecule has 2 N–H and O–H groups in total. The van der Waals surface area contributed by atoms with Gasteiger partial charge in [0.25, 0.3) is 0 Å². The second kappa shape index (κ2) is 4.48. The van der Waals surface area contributed by atoms with E-state index in [4.69, 9.17) is 10.5 Å². The van der Waals surface area contributed by atoms with Crippen LogP contribution in [0.4, 0.5) is 5.69 Å². The normalized spacial score (nSPS) is 11.3. The van der Waals surface area contributed by atoms with Crippen LogP contribution in [0.15, 0.2) is 17.2 Å². The fourth-order valence-electron chi connectivity index (χ4n) is 1.20. The van der Waals surface area contributed by atoms with Gasteiger partial charge in [-0.2, -0.15) is 0 Å². The van der Waals surface area contributed by atoms with Gasteiger partial charge >= 0.3 is 0 Å². The van der Waals surface area contributed by atoms with Crippen molar-refractivity contribution in [3.05, 3.63) is 12.3 Å². The molecule has 6 heteroatoms. The number of hydrogen-bond donors (Lipinski definition) is 1. The van der Waals surface area contributed by atoms with E-state index in [0.29, 0.717) is 12.1 Å². The molecule has 0 aromatic carbocycles. The van der Waals surface area contributed by atoms with Gasteiger partial charge in [-0.05, 0) is 12.5 Å². The molecule has 5 nitrogen and oxygen atoms in total. The van der Waals surface area contributed by atoms with Gasteiger partial charge < -0.3 is 10.5 Å². The molecular formula is C9H14N2O3S. The number of methoxy groups -OCH3 is 1. The van der Waals surface area contributed by atoms with E-state index in [0.717, 1.165) is 0 Å². The number of hydrogen-bond acceptors (Lipinski definition) is 5. The van der Waals surface area contributed by atoms with E-state index in [2.05, 4.69) is 4.98 Å². The van der Waals surface area contributed by atoms with Crippen LogP contribution >= 0.6 is 0 Å². The molecule has 0 spiro atoms. The van der Waals surface area contributed by atoms with Crippen molar-refractivity contribution in [1.82, 2.24) is 4.98 Å². The number of ether oxygens (including phenoxy) is 1. The lowest BCUT2D eigenvalue weighted by atomic mass is 10.4. The molecule has 0 aliphatic rings. The monoisotopic (exact) mass is 230 g/mol. The molecule has 0 aliphatic heterocycles. The quantitative estimate of drug-likeness (QED) is 0.829. The Bertz CT molecular complexity index is 443. The summed E-state index contributed by atoms with van der Waals surface area (Å²) in [5.74, 6) is 0.159. The van der Waals surface area contributed by atoms with Crippen molar-refractivity contribution in [3.8, 4) is 5.88 Å². The van der Waals surface area contributed by atoms with Crippen molar-refractivity contribution in [3.63, 3.8) is 0 Å². The van der Waals surface area contributed by atoms with Crippen molar-refractivity contribution < 1.29 is 13.2 Å². The lowest BCUT2D eigenvalue weighted by Crippen LogP contribution is -2.09. The average molecular weight is 230 g/mol. The molecular weight excluding hydrogens is 216 g/mol. The first-order valence-corrected chi connectivity index (χ1v) is 6.18. The van der Waals surface area contributed by atoms with E-state index < -0.39 is 9.84 Å². The minimum atomic E-state index is -3.34. The van der Waals surface area contributed by atoms with Crippen molar-refractivity contribution >= 4 is 15.5 Å². The Balaban J connectivity index is 3.28. The fraction of sp³-hybridized carbons (Fsp3) is 0.444. The highest BCUT2D eigenvalue weighted by molar-refractivity contribution is 7.91. The molecule has 1 aromatic rings. The van der Waals surface area contributed by atoms with Gasteiger partial charge in [-0.25, -0.2) is 13.4 Å². The first-order chi connectivity index (χ1) is 7.01. The fourth-order valence-corrected chi connectivity index (χ4v) is 2.68. The number of nitrogens with zero attached hydrogens (tertiary/aromatic N) is 1. The number of rotatable bonds is 4. The number of nitrogen functional groups attached to an aromatic ring is 1. The minimum absolute atomic E-state index is 0.0619. The second-order valence-corrected chi connectivity index (χ2v) is 5.17. The molecule has 0 saturated heterocycles. The largest absolute Gasteiger partial charge is 0.480 e. The number of nitrogens with two attached hydrogens (primary N) is 1. The summed E-state index contributed by atoms with van der Waals surface area (Å²) in [6, 6.07) is 1.37. The van der Waals surface area contributed by atoms with Gasteiger partial charge in [0.05, 0.1) is 24.7 Å². The van der Waals surface area contributed by atoms with Crippen LogP contribution in [0.2, 0.25) is 0 Å². The van der Waals surface area contributed by atoms with E-state index in [9.17, 15) is 8.42 Å². The Labute approximate surface area is 89.2 Å². The average Bonchev–Trinajstić information content (AvgIpc) is 2.17. The van der Waals surface area contributed by atoms with E-state index in [-0.39, 0.29) is 16.5 Å². The number of sulfone groups is 1. The molecule has 0 atom stereocenters. The zero-order valence-electron chi connectivity index (χ0n) is 8.73. The maximum Gasteiger partial charge on any atom is 0.232 e. The zero-order valence-corrected chi connectivity index (χ0v) is 9.54. The summed E-state index contributed by atoms with van der Waals surface area (Å²) in [5.41, 5.74) is 5.80. The van der Waals surface area contributed by atoms with Crippen LogP contribution < -0.4 is 10.5 Å². The highest BCUT2D eigenvalue weighted by atomic mass is 32.2. The maximum absolute atomic E-state index is 11.8. The highest BCUT2D eigenvalue weighted by Crippen LogP contribution is 2.24. The van der Waals surface area contributed by atoms with E-state index in [1.54, 1.807) is 6.92 Å². The Morgan fingerprint density at radius 3 is 2.73 bits per heavy atom.